The molecule has 3 aromatic rings. The second-order valence-electron chi connectivity index (χ2n) is 4.89. The molecule has 0 spiro atoms. The van der Waals surface area contributed by atoms with Crippen molar-refractivity contribution in [2.24, 2.45) is 7.05 Å². The van der Waals surface area contributed by atoms with Gasteiger partial charge in [-0.2, -0.15) is 0 Å². The Kier molecular flexibility index (Phi) is 3.70. The Morgan fingerprint density at radius 2 is 2.19 bits per heavy atom. The van der Waals surface area contributed by atoms with Gasteiger partial charge in [0.05, 0.1) is 0 Å². The number of aromatic nitrogens is 3. The normalized spacial score (nSPS) is 11.0. The Morgan fingerprint density at radius 3 is 2.95 bits per heavy atom. The van der Waals surface area contributed by atoms with Crippen LogP contribution in [0.4, 0.5) is 0 Å². The molecule has 0 fully saturated rings. The van der Waals surface area contributed by atoms with Crippen LogP contribution in [0.3, 0.4) is 0 Å². The first-order chi connectivity index (χ1) is 10.1. The summed E-state index contributed by atoms with van der Waals surface area (Å²) in [5.41, 5.74) is 1.77. The van der Waals surface area contributed by atoms with Crippen molar-refractivity contribution >= 4 is 28.1 Å². The molecule has 108 valence electrons. The third-order valence-corrected chi connectivity index (χ3v) is 4.26. The first-order valence-electron chi connectivity index (χ1n) is 6.76. The van der Waals surface area contributed by atoms with E-state index in [1.165, 1.54) is 0 Å². The highest BCUT2D eigenvalue weighted by Gasteiger charge is 2.11. The second kappa shape index (κ2) is 5.65. The fraction of sp³-hybridized carbons (Fsp3) is 0.267. The number of rotatable bonds is 4. The zero-order chi connectivity index (χ0) is 14.8. The molecule has 0 saturated heterocycles. The van der Waals surface area contributed by atoms with Crippen molar-refractivity contribution in [2.45, 2.75) is 13.3 Å². The maximum absolute atomic E-state index is 12.3. The Morgan fingerprint density at radius 1 is 1.33 bits per heavy atom. The van der Waals surface area contributed by atoms with Crippen LogP contribution in [-0.4, -0.2) is 27.2 Å². The molecule has 3 rings (SSSR count). The quantitative estimate of drug-likeness (QED) is 0.804. The molecule has 2 heterocycles. The highest BCUT2D eigenvalue weighted by atomic mass is 32.1. The molecule has 0 saturated carbocycles. The lowest BCUT2D eigenvalue weighted by molar-refractivity contribution is 0.0956. The molecule has 0 aliphatic heterocycles. The van der Waals surface area contributed by atoms with Crippen molar-refractivity contribution in [2.75, 3.05) is 6.54 Å². The number of benzene rings is 1. The van der Waals surface area contributed by atoms with Gasteiger partial charge in [-0.05, 0) is 25.1 Å². The third kappa shape index (κ3) is 2.80. The lowest BCUT2D eigenvalue weighted by atomic mass is 10.1. The van der Waals surface area contributed by atoms with Crippen molar-refractivity contribution in [1.82, 2.24) is 20.1 Å². The first kappa shape index (κ1) is 13.8. The lowest BCUT2D eigenvalue weighted by Gasteiger charge is -2.06. The van der Waals surface area contributed by atoms with Crippen LogP contribution < -0.4 is 5.32 Å². The third-order valence-electron chi connectivity index (χ3n) is 3.36. The number of aryl methyl sites for hydroxylation is 2. The number of nitrogens with one attached hydrogen (secondary N) is 1. The number of carbonyl (C=O) groups excluding carboxylic acids is 1. The number of fused-ring (bicyclic) bond motifs is 1. The Hall–Kier alpha value is -2.21. The van der Waals surface area contributed by atoms with E-state index in [4.69, 9.17) is 0 Å². The predicted molar refractivity (Wildman–Crippen MR) is 83.6 cm³/mol. The number of hydrogen-bond acceptors (Lipinski definition) is 4. The van der Waals surface area contributed by atoms with Gasteiger partial charge >= 0.3 is 0 Å². The van der Waals surface area contributed by atoms with Gasteiger partial charge < -0.3 is 9.88 Å². The number of hydrogen-bond donors (Lipinski definition) is 1. The zero-order valence-corrected chi connectivity index (χ0v) is 12.8. The molecule has 1 N–H and O–H groups in total. The van der Waals surface area contributed by atoms with Crippen LogP contribution in [0.25, 0.3) is 10.9 Å². The molecule has 0 bridgehead atoms. The Balaban J connectivity index is 1.69. The maximum Gasteiger partial charge on any atom is 0.251 e. The van der Waals surface area contributed by atoms with Gasteiger partial charge in [0, 0.05) is 42.7 Å². The molecule has 0 radical (unpaired) electrons. The molecule has 5 nitrogen and oxygen atoms in total. The average Bonchev–Trinajstić information content (AvgIpc) is 3.05. The van der Waals surface area contributed by atoms with Crippen LogP contribution in [0.1, 0.15) is 20.4 Å². The molecule has 1 aromatic carbocycles. The van der Waals surface area contributed by atoms with E-state index < -0.39 is 0 Å². The minimum atomic E-state index is -0.0481. The molecule has 0 unspecified atom stereocenters. The summed E-state index contributed by atoms with van der Waals surface area (Å²) < 4.78 is 2.01. The van der Waals surface area contributed by atoms with Gasteiger partial charge in [-0.25, -0.2) is 0 Å². The predicted octanol–water partition coefficient (Wildman–Crippen LogP) is 2.31. The summed E-state index contributed by atoms with van der Waals surface area (Å²) in [6.07, 6.45) is 2.67. The fourth-order valence-electron chi connectivity index (χ4n) is 2.32. The number of amides is 1. The monoisotopic (exact) mass is 300 g/mol. The highest BCUT2D eigenvalue weighted by molar-refractivity contribution is 7.11. The fourth-order valence-corrected chi connectivity index (χ4v) is 3.03. The van der Waals surface area contributed by atoms with Crippen LogP contribution in [0.15, 0.2) is 30.5 Å². The van der Waals surface area contributed by atoms with E-state index in [1.54, 1.807) is 11.3 Å². The van der Waals surface area contributed by atoms with E-state index in [2.05, 4.69) is 15.5 Å². The Labute approximate surface area is 126 Å². The van der Waals surface area contributed by atoms with Crippen LogP contribution in [0.5, 0.6) is 0 Å². The molecule has 2 aromatic heterocycles. The summed E-state index contributed by atoms with van der Waals surface area (Å²) in [7, 11) is 1.97. The van der Waals surface area contributed by atoms with Crippen LogP contribution >= 0.6 is 11.3 Å². The van der Waals surface area contributed by atoms with E-state index >= 15 is 0 Å². The van der Waals surface area contributed by atoms with Crippen molar-refractivity contribution in [3.8, 4) is 0 Å². The summed E-state index contributed by atoms with van der Waals surface area (Å²) in [6, 6.07) is 7.74. The molecule has 0 aliphatic carbocycles. The van der Waals surface area contributed by atoms with Crippen LogP contribution in [-0.2, 0) is 13.5 Å². The van der Waals surface area contributed by atoms with Crippen molar-refractivity contribution in [1.29, 1.82) is 0 Å². The van der Waals surface area contributed by atoms with Gasteiger partial charge in [-0.15, -0.1) is 21.5 Å². The molecular formula is C15H16N4OS. The lowest BCUT2D eigenvalue weighted by Crippen LogP contribution is -2.25. The first-order valence-corrected chi connectivity index (χ1v) is 7.58. The van der Waals surface area contributed by atoms with Gasteiger partial charge in [0.15, 0.2) is 0 Å². The standard InChI is InChI=1S/C15H16N4OS/c1-10-17-18-14(21-10)6-8-16-15(20)12-4-3-5-13-11(12)7-9-19(13)2/h3-5,7,9H,6,8H2,1-2H3,(H,16,20). The van der Waals surface area contributed by atoms with Gasteiger partial charge in [-0.1, -0.05) is 6.07 Å². The van der Waals surface area contributed by atoms with Crippen molar-refractivity contribution < 1.29 is 4.79 Å². The highest BCUT2D eigenvalue weighted by Crippen LogP contribution is 2.19. The maximum atomic E-state index is 12.3. The van der Waals surface area contributed by atoms with Crippen molar-refractivity contribution in [3.63, 3.8) is 0 Å². The van der Waals surface area contributed by atoms with Crippen LogP contribution in [0.2, 0.25) is 0 Å². The van der Waals surface area contributed by atoms with E-state index in [0.29, 0.717) is 18.5 Å². The molecule has 1 amide bonds. The minimum Gasteiger partial charge on any atom is -0.352 e. The summed E-state index contributed by atoms with van der Waals surface area (Å²) in [6.45, 7) is 2.49. The Bertz CT molecular complexity index is 790. The second-order valence-corrected chi connectivity index (χ2v) is 6.15. The molecular weight excluding hydrogens is 284 g/mol. The van der Waals surface area contributed by atoms with Gasteiger partial charge in [0.1, 0.15) is 10.0 Å². The summed E-state index contributed by atoms with van der Waals surface area (Å²) in [5.74, 6) is -0.0481. The van der Waals surface area contributed by atoms with E-state index in [0.717, 1.165) is 20.9 Å². The molecule has 0 atom stereocenters. The van der Waals surface area contributed by atoms with Gasteiger partial charge in [0.25, 0.3) is 5.91 Å². The van der Waals surface area contributed by atoms with Crippen LogP contribution in [0, 0.1) is 6.92 Å². The number of nitrogens with zero attached hydrogens (tertiary/aromatic N) is 3. The average molecular weight is 300 g/mol. The van der Waals surface area contributed by atoms with E-state index in [1.807, 2.05) is 49.0 Å². The minimum absolute atomic E-state index is 0.0481. The molecule has 21 heavy (non-hydrogen) atoms. The summed E-state index contributed by atoms with van der Waals surface area (Å²) >= 11 is 1.56. The van der Waals surface area contributed by atoms with E-state index in [-0.39, 0.29) is 5.91 Å². The van der Waals surface area contributed by atoms with Gasteiger partial charge in [0.2, 0.25) is 0 Å². The summed E-state index contributed by atoms with van der Waals surface area (Å²) in [4.78, 5) is 12.3. The zero-order valence-electron chi connectivity index (χ0n) is 12.0. The van der Waals surface area contributed by atoms with E-state index in [9.17, 15) is 4.79 Å². The molecule has 6 heteroatoms. The summed E-state index contributed by atoms with van der Waals surface area (Å²) in [5, 5.41) is 13.8. The molecule has 0 aliphatic rings. The topological polar surface area (TPSA) is 59.8 Å². The van der Waals surface area contributed by atoms with Crippen molar-refractivity contribution in [3.05, 3.63) is 46.0 Å². The SMILES string of the molecule is Cc1nnc(CCNC(=O)c2cccc3c2ccn3C)s1. The van der Waals surface area contributed by atoms with Gasteiger partial charge in [-0.3, -0.25) is 4.79 Å². The number of carbonyl (C=O) groups is 1. The smallest absolute Gasteiger partial charge is 0.251 e. The largest absolute Gasteiger partial charge is 0.352 e.